The molecule has 1 aliphatic heterocycles. The lowest BCUT2D eigenvalue weighted by Crippen LogP contribution is -2.44. The molecule has 0 amide bonds. The summed E-state index contributed by atoms with van der Waals surface area (Å²) in [5.74, 6) is -0.363. The molecule has 0 unspecified atom stereocenters. The van der Waals surface area contributed by atoms with E-state index in [1.165, 1.54) is 11.8 Å². The van der Waals surface area contributed by atoms with Crippen LogP contribution in [0.3, 0.4) is 0 Å². The van der Waals surface area contributed by atoms with Crippen molar-refractivity contribution in [2.24, 2.45) is 15.6 Å². The van der Waals surface area contributed by atoms with Gasteiger partial charge in [0.1, 0.15) is 5.04 Å². The lowest BCUT2D eigenvalue weighted by molar-refractivity contribution is 0.0843. The Morgan fingerprint density at radius 1 is 0.968 bits per heavy atom. The van der Waals surface area contributed by atoms with Gasteiger partial charge >= 0.3 is 0 Å². The highest BCUT2D eigenvalue weighted by Gasteiger charge is 2.59. The molecule has 3 aromatic rings. The van der Waals surface area contributed by atoms with Crippen LogP contribution in [0.2, 0.25) is 5.02 Å². The number of carbonyl (C=O) groups excluding carboxylic acids is 1. The van der Waals surface area contributed by atoms with Crippen molar-refractivity contribution < 1.29 is 10.0 Å². The van der Waals surface area contributed by atoms with Gasteiger partial charge in [0.25, 0.3) is 0 Å². The number of hydrogen-bond donors (Lipinski definition) is 1. The van der Waals surface area contributed by atoms with Crippen molar-refractivity contribution in [3.8, 4) is 0 Å². The fourth-order valence-corrected chi connectivity index (χ4v) is 6.08. The van der Waals surface area contributed by atoms with E-state index >= 15 is 0 Å². The highest BCUT2D eigenvalue weighted by atomic mass is 35.5. The third-order valence-electron chi connectivity index (χ3n) is 6.07. The van der Waals surface area contributed by atoms with Gasteiger partial charge in [-0.25, -0.2) is 4.99 Å². The molecular formula is C25H19ClN2O2S. The maximum atomic E-state index is 14.1. The van der Waals surface area contributed by atoms with Gasteiger partial charge in [-0.05, 0) is 48.2 Å². The number of ketones is 1. The quantitative estimate of drug-likeness (QED) is 0.360. The van der Waals surface area contributed by atoms with Crippen LogP contribution in [0.25, 0.3) is 0 Å². The number of fused-ring (bicyclic) bond motifs is 1. The molecule has 2 aliphatic rings. The smallest absolute Gasteiger partial charge is 0.176 e. The summed E-state index contributed by atoms with van der Waals surface area (Å²) < 4.78 is 0. The molecule has 1 fully saturated rings. The summed E-state index contributed by atoms with van der Waals surface area (Å²) in [5, 5.41) is 15.3. The maximum Gasteiger partial charge on any atom is 0.176 e. The molecule has 0 radical (unpaired) electrons. The highest BCUT2D eigenvalue weighted by Crippen LogP contribution is 2.57. The van der Waals surface area contributed by atoms with Gasteiger partial charge in [-0.3, -0.25) is 4.79 Å². The molecule has 6 heteroatoms. The van der Waals surface area contributed by atoms with E-state index in [1.807, 2.05) is 66.7 Å². The standard InChI is InChI=1S/C25H19ClN2O2S/c26-18-10-12-19(13-11-18)27-24-25(15-14-16-6-4-5-9-20(16)22(25)29)21(23(28-30)31-24)17-7-2-1-3-8-17/h1-13,21,30H,14-15H2/t21-,25+/m1/s1. The Hall–Kier alpha value is -2.89. The normalized spacial score (nSPS) is 25.3. The average Bonchev–Trinajstić information content (AvgIpc) is 3.12. The van der Waals surface area contributed by atoms with E-state index in [0.29, 0.717) is 27.2 Å². The predicted octanol–water partition coefficient (Wildman–Crippen LogP) is 6.50. The van der Waals surface area contributed by atoms with Gasteiger partial charge < -0.3 is 5.21 Å². The number of aliphatic imine (C=N–C) groups is 1. The number of halogens is 1. The van der Waals surface area contributed by atoms with E-state index in [-0.39, 0.29) is 5.78 Å². The number of oxime groups is 1. The van der Waals surface area contributed by atoms with Crippen LogP contribution >= 0.6 is 23.4 Å². The van der Waals surface area contributed by atoms with Crippen LogP contribution in [-0.2, 0) is 6.42 Å². The first-order valence-electron chi connectivity index (χ1n) is 10.1. The van der Waals surface area contributed by atoms with Crippen molar-refractivity contribution in [2.45, 2.75) is 18.8 Å². The Morgan fingerprint density at radius 3 is 2.42 bits per heavy atom. The van der Waals surface area contributed by atoms with E-state index in [0.717, 1.165) is 23.1 Å². The summed E-state index contributed by atoms with van der Waals surface area (Å²) in [5.41, 5.74) is 2.51. The second kappa shape index (κ2) is 7.98. The number of aryl methyl sites for hydroxylation is 1. The topological polar surface area (TPSA) is 62.0 Å². The van der Waals surface area contributed by atoms with Crippen molar-refractivity contribution in [2.75, 3.05) is 0 Å². The molecule has 0 aromatic heterocycles. The molecule has 1 heterocycles. The molecule has 1 spiro atoms. The third kappa shape index (κ3) is 3.29. The second-order valence-corrected chi connectivity index (χ2v) is 9.18. The summed E-state index contributed by atoms with van der Waals surface area (Å²) in [6.07, 6.45) is 1.35. The second-order valence-electron chi connectivity index (χ2n) is 7.73. The monoisotopic (exact) mass is 446 g/mol. The number of benzene rings is 3. The van der Waals surface area contributed by atoms with Crippen LogP contribution < -0.4 is 0 Å². The SMILES string of the molecule is O=C1c2ccccc2CC[C@@]12C(=Nc1ccc(Cl)cc1)SC(=NO)[C@H]2c1ccccc1. The lowest BCUT2D eigenvalue weighted by Gasteiger charge is -2.37. The molecule has 154 valence electrons. The lowest BCUT2D eigenvalue weighted by atomic mass is 9.62. The molecule has 1 aliphatic carbocycles. The number of thioether (sulfide) groups is 1. The summed E-state index contributed by atoms with van der Waals surface area (Å²) in [4.78, 5) is 19.0. The molecule has 3 aromatic carbocycles. The zero-order valence-corrected chi connectivity index (χ0v) is 18.1. The predicted molar refractivity (Wildman–Crippen MR) is 126 cm³/mol. The number of carbonyl (C=O) groups is 1. The Labute approximate surface area is 189 Å². The van der Waals surface area contributed by atoms with E-state index in [4.69, 9.17) is 16.6 Å². The summed E-state index contributed by atoms with van der Waals surface area (Å²) >= 11 is 7.33. The van der Waals surface area contributed by atoms with Crippen molar-refractivity contribution >= 4 is 44.9 Å². The third-order valence-corrected chi connectivity index (χ3v) is 7.49. The summed E-state index contributed by atoms with van der Waals surface area (Å²) in [7, 11) is 0. The van der Waals surface area contributed by atoms with Gasteiger partial charge in [-0.1, -0.05) is 83.1 Å². The molecule has 4 nitrogen and oxygen atoms in total. The minimum atomic E-state index is -0.915. The number of hydrogen-bond acceptors (Lipinski definition) is 5. The summed E-state index contributed by atoms with van der Waals surface area (Å²) in [6.45, 7) is 0. The van der Waals surface area contributed by atoms with Gasteiger partial charge in [0.05, 0.1) is 22.1 Å². The van der Waals surface area contributed by atoms with Crippen LogP contribution in [-0.4, -0.2) is 21.1 Å². The van der Waals surface area contributed by atoms with E-state index in [2.05, 4.69) is 5.16 Å². The zero-order valence-electron chi connectivity index (χ0n) is 16.5. The molecule has 1 N–H and O–H groups in total. The summed E-state index contributed by atoms with van der Waals surface area (Å²) in [6, 6.07) is 24.8. The van der Waals surface area contributed by atoms with Gasteiger partial charge in [0.2, 0.25) is 0 Å². The van der Waals surface area contributed by atoms with Crippen LogP contribution in [0, 0.1) is 5.41 Å². The zero-order chi connectivity index (χ0) is 21.4. The molecule has 0 saturated carbocycles. The van der Waals surface area contributed by atoms with Gasteiger partial charge in [-0.2, -0.15) is 0 Å². The minimum Gasteiger partial charge on any atom is -0.410 e. The number of nitrogens with zero attached hydrogens (tertiary/aromatic N) is 2. The van der Waals surface area contributed by atoms with Crippen molar-refractivity contribution in [3.63, 3.8) is 0 Å². The molecule has 0 bridgehead atoms. The largest absolute Gasteiger partial charge is 0.410 e. The molecular weight excluding hydrogens is 428 g/mol. The fourth-order valence-electron chi connectivity index (χ4n) is 4.61. The minimum absolute atomic E-state index is 0.0297. The van der Waals surface area contributed by atoms with Gasteiger partial charge in [-0.15, -0.1) is 0 Å². The van der Waals surface area contributed by atoms with Gasteiger partial charge in [0, 0.05) is 10.6 Å². The first kappa shape index (κ1) is 20.0. The van der Waals surface area contributed by atoms with E-state index in [1.54, 1.807) is 12.1 Å². The molecule has 31 heavy (non-hydrogen) atoms. The van der Waals surface area contributed by atoms with Crippen molar-refractivity contribution in [3.05, 3.63) is 101 Å². The van der Waals surface area contributed by atoms with Crippen LogP contribution in [0.5, 0.6) is 0 Å². The fraction of sp³-hybridized carbons (Fsp3) is 0.160. The van der Waals surface area contributed by atoms with Crippen molar-refractivity contribution in [1.82, 2.24) is 0 Å². The molecule has 2 atom stereocenters. The first-order chi connectivity index (χ1) is 15.1. The Kier molecular flexibility index (Phi) is 5.16. The van der Waals surface area contributed by atoms with Crippen LogP contribution in [0.15, 0.2) is 89.0 Å². The maximum absolute atomic E-state index is 14.1. The average molecular weight is 447 g/mol. The first-order valence-corrected chi connectivity index (χ1v) is 11.2. The van der Waals surface area contributed by atoms with Crippen LogP contribution in [0.4, 0.5) is 5.69 Å². The number of rotatable bonds is 2. The molecule has 5 rings (SSSR count). The highest BCUT2D eigenvalue weighted by molar-refractivity contribution is 8.27. The molecule has 1 saturated heterocycles. The van der Waals surface area contributed by atoms with E-state index in [9.17, 15) is 10.0 Å². The van der Waals surface area contributed by atoms with Crippen LogP contribution in [0.1, 0.15) is 33.8 Å². The Morgan fingerprint density at radius 2 is 1.68 bits per heavy atom. The Balaban J connectivity index is 1.74. The Bertz CT molecular complexity index is 1210. The van der Waals surface area contributed by atoms with E-state index < -0.39 is 11.3 Å². The number of Topliss-reactive ketones (excluding diaryl/α,β-unsaturated/α-hetero) is 1. The van der Waals surface area contributed by atoms with Gasteiger partial charge in [0.15, 0.2) is 5.78 Å². The van der Waals surface area contributed by atoms with Crippen molar-refractivity contribution in [1.29, 1.82) is 0 Å².